The topological polar surface area (TPSA) is 125 Å². The molecule has 1 aromatic heterocycles. The maximum Gasteiger partial charge on any atom is 0.256 e. The summed E-state index contributed by atoms with van der Waals surface area (Å²) in [4.78, 5) is 14.9. The third kappa shape index (κ3) is 4.34. The summed E-state index contributed by atoms with van der Waals surface area (Å²) in [6.07, 6.45) is 4.84. The normalized spacial score (nSPS) is 21.5. The van der Waals surface area contributed by atoms with Crippen molar-refractivity contribution >= 4 is 43.1 Å². The summed E-state index contributed by atoms with van der Waals surface area (Å²) >= 11 is 1.09. The number of ether oxygens (including phenoxy) is 1. The highest BCUT2D eigenvalue weighted by Gasteiger charge is 2.30. The zero-order valence-corrected chi connectivity index (χ0v) is 18.3. The summed E-state index contributed by atoms with van der Waals surface area (Å²) in [5, 5.41) is 2.71. The molecule has 4 heterocycles. The number of morpholine rings is 1. The highest BCUT2D eigenvalue weighted by molar-refractivity contribution is 7.91. The van der Waals surface area contributed by atoms with E-state index in [1.165, 1.54) is 16.4 Å². The van der Waals surface area contributed by atoms with E-state index in [4.69, 9.17) is 4.74 Å². The molecule has 0 aromatic carbocycles. The van der Waals surface area contributed by atoms with Gasteiger partial charge in [0.15, 0.2) is 5.84 Å². The molecule has 1 fully saturated rings. The monoisotopic (exact) mass is 472 g/mol. The van der Waals surface area contributed by atoms with Crippen LogP contribution >= 0.6 is 11.3 Å². The Bertz CT molecular complexity index is 1140. The Hall–Kier alpha value is -2.06. The SMILES string of the molecule is O=C(NCc1ccc(S(=O)(=O)N2CCOCC2)s1)C1=CC=CN2CCS(=O)(=O)N=C12. The molecule has 0 unspecified atom stereocenters. The van der Waals surface area contributed by atoms with E-state index < -0.39 is 26.0 Å². The Morgan fingerprint density at radius 1 is 1.23 bits per heavy atom. The maximum atomic E-state index is 12.7. The van der Waals surface area contributed by atoms with Crippen LogP contribution in [0.25, 0.3) is 0 Å². The molecule has 162 valence electrons. The van der Waals surface area contributed by atoms with E-state index in [0.717, 1.165) is 11.3 Å². The first-order valence-corrected chi connectivity index (χ1v) is 13.1. The number of nitrogens with zero attached hydrogens (tertiary/aromatic N) is 3. The second-order valence-corrected chi connectivity index (χ2v) is 11.8. The van der Waals surface area contributed by atoms with Crippen LogP contribution in [0.1, 0.15) is 4.88 Å². The van der Waals surface area contributed by atoms with Gasteiger partial charge in [-0.2, -0.15) is 4.31 Å². The van der Waals surface area contributed by atoms with Crippen LogP contribution in [0, 0.1) is 0 Å². The van der Waals surface area contributed by atoms with Crippen LogP contribution in [0.15, 0.2) is 44.7 Å². The van der Waals surface area contributed by atoms with Crippen LogP contribution < -0.4 is 5.32 Å². The van der Waals surface area contributed by atoms with Crippen molar-refractivity contribution in [3.63, 3.8) is 0 Å². The number of fused-ring (bicyclic) bond motifs is 1. The second kappa shape index (κ2) is 8.23. The number of nitrogens with one attached hydrogen (secondary N) is 1. The molecule has 3 aliphatic heterocycles. The molecule has 1 amide bonds. The number of thiophene rings is 1. The molecular formula is C17H20N4O6S3. The van der Waals surface area contributed by atoms with Crippen LogP contribution in [0.3, 0.4) is 0 Å². The standard InChI is InChI=1S/C17H20N4O6S3/c22-17(14-2-1-5-20-8-11-29(23,24)19-16(14)20)18-12-13-3-4-15(28-13)30(25,26)21-6-9-27-10-7-21/h1-5H,6-12H2,(H,18,22). The van der Waals surface area contributed by atoms with Gasteiger partial charge in [-0.25, -0.2) is 16.8 Å². The number of sulfonamides is 2. The molecule has 0 saturated carbocycles. The van der Waals surface area contributed by atoms with E-state index in [9.17, 15) is 21.6 Å². The van der Waals surface area contributed by atoms with Gasteiger partial charge in [0.05, 0.1) is 31.1 Å². The molecule has 3 aliphatic rings. The molecule has 4 rings (SSSR count). The molecule has 1 N–H and O–H groups in total. The van der Waals surface area contributed by atoms with Gasteiger partial charge in [0.25, 0.3) is 26.0 Å². The van der Waals surface area contributed by atoms with Gasteiger partial charge in [0.1, 0.15) is 4.21 Å². The van der Waals surface area contributed by atoms with Gasteiger partial charge in [0.2, 0.25) is 0 Å². The average Bonchev–Trinajstić information content (AvgIpc) is 3.21. The minimum atomic E-state index is -3.60. The van der Waals surface area contributed by atoms with Crippen molar-refractivity contribution in [1.29, 1.82) is 0 Å². The predicted octanol–water partition coefficient (Wildman–Crippen LogP) is -0.117. The Balaban J connectivity index is 1.44. The lowest BCUT2D eigenvalue weighted by Crippen LogP contribution is -2.42. The highest BCUT2D eigenvalue weighted by atomic mass is 32.2. The summed E-state index contributed by atoms with van der Waals surface area (Å²) in [5.74, 6) is -0.486. The molecule has 13 heteroatoms. The molecular weight excluding hydrogens is 452 g/mol. The van der Waals surface area contributed by atoms with Gasteiger partial charge in [0, 0.05) is 30.7 Å². The number of hydrogen-bond donors (Lipinski definition) is 1. The van der Waals surface area contributed by atoms with Gasteiger partial charge in [-0.05, 0) is 24.3 Å². The van der Waals surface area contributed by atoms with Crippen LogP contribution in [0.2, 0.25) is 0 Å². The van der Waals surface area contributed by atoms with Gasteiger partial charge < -0.3 is 15.0 Å². The fourth-order valence-corrected chi connectivity index (χ4v) is 7.01. The van der Waals surface area contributed by atoms with Crippen LogP contribution in [-0.4, -0.2) is 76.4 Å². The first-order valence-electron chi connectivity index (χ1n) is 9.19. The van der Waals surface area contributed by atoms with Crippen molar-refractivity contribution in [1.82, 2.24) is 14.5 Å². The largest absolute Gasteiger partial charge is 0.379 e. The third-order valence-electron chi connectivity index (χ3n) is 4.73. The third-order valence-corrected chi connectivity index (χ3v) is 9.33. The Morgan fingerprint density at radius 2 is 2.00 bits per heavy atom. The van der Waals surface area contributed by atoms with Crippen molar-refractivity contribution in [2.75, 3.05) is 38.6 Å². The van der Waals surface area contributed by atoms with Gasteiger partial charge in [-0.15, -0.1) is 15.7 Å². The Kier molecular flexibility index (Phi) is 5.81. The zero-order valence-electron chi connectivity index (χ0n) is 15.9. The fraction of sp³-hybridized carbons (Fsp3) is 0.412. The van der Waals surface area contributed by atoms with Crippen molar-refractivity contribution in [3.8, 4) is 0 Å². The fourth-order valence-electron chi connectivity index (χ4n) is 3.16. The minimum absolute atomic E-state index is 0.100. The van der Waals surface area contributed by atoms with E-state index in [1.807, 2.05) is 0 Å². The predicted molar refractivity (Wildman–Crippen MR) is 111 cm³/mol. The van der Waals surface area contributed by atoms with Crippen LogP contribution in [0.4, 0.5) is 0 Å². The summed E-state index contributed by atoms with van der Waals surface area (Å²) in [6.45, 7) is 1.71. The number of carbonyl (C=O) groups excluding carboxylic acids is 1. The maximum absolute atomic E-state index is 12.7. The van der Waals surface area contributed by atoms with Crippen LogP contribution in [0.5, 0.6) is 0 Å². The number of amidine groups is 1. The van der Waals surface area contributed by atoms with Crippen molar-refractivity contribution in [3.05, 3.63) is 40.9 Å². The van der Waals surface area contributed by atoms with E-state index >= 15 is 0 Å². The summed E-state index contributed by atoms with van der Waals surface area (Å²) in [6, 6.07) is 3.18. The van der Waals surface area contributed by atoms with Crippen molar-refractivity contribution in [2.45, 2.75) is 10.8 Å². The molecule has 0 bridgehead atoms. The number of allylic oxidation sites excluding steroid dienone is 2. The van der Waals surface area contributed by atoms with E-state index in [-0.39, 0.29) is 34.5 Å². The molecule has 0 aliphatic carbocycles. The van der Waals surface area contributed by atoms with E-state index in [0.29, 0.717) is 31.2 Å². The molecule has 0 spiro atoms. The number of carbonyl (C=O) groups is 1. The number of rotatable bonds is 5. The molecule has 30 heavy (non-hydrogen) atoms. The molecule has 0 radical (unpaired) electrons. The lowest BCUT2D eigenvalue weighted by molar-refractivity contribution is -0.117. The minimum Gasteiger partial charge on any atom is -0.379 e. The smallest absolute Gasteiger partial charge is 0.256 e. The molecule has 0 atom stereocenters. The van der Waals surface area contributed by atoms with Gasteiger partial charge >= 0.3 is 0 Å². The lowest BCUT2D eigenvalue weighted by atomic mass is 10.1. The summed E-state index contributed by atoms with van der Waals surface area (Å²) in [5.41, 5.74) is 0.151. The molecule has 1 saturated heterocycles. The molecule has 1 aromatic rings. The Morgan fingerprint density at radius 3 is 2.77 bits per heavy atom. The summed E-state index contributed by atoms with van der Waals surface area (Å²) in [7, 11) is -7.18. The second-order valence-electron chi connectivity index (χ2n) is 6.74. The Labute approximate surface area is 178 Å². The highest BCUT2D eigenvalue weighted by Crippen LogP contribution is 2.26. The lowest BCUT2D eigenvalue weighted by Gasteiger charge is -2.28. The quantitative estimate of drug-likeness (QED) is 0.633. The van der Waals surface area contributed by atoms with Crippen molar-refractivity contribution < 1.29 is 26.4 Å². The van der Waals surface area contributed by atoms with E-state index in [1.54, 1.807) is 23.2 Å². The summed E-state index contributed by atoms with van der Waals surface area (Å²) < 4.78 is 59.6. The van der Waals surface area contributed by atoms with E-state index in [2.05, 4.69) is 9.71 Å². The van der Waals surface area contributed by atoms with Crippen molar-refractivity contribution in [2.24, 2.45) is 4.40 Å². The average molecular weight is 473 g/mol. The van der Waals surface area contributed by atoms with Gasteiger partial charge in [-0.1, -0.05) is 0 Å². The van der Waals surface area contributed by atoms with Crippen LogP contribution in [-0.2, 0) is 36.1 Å². The number of amides is 1. The zero-order chi connectivity index (χ0) is 21.4. The first kappa shape index (κ1) is 21.2. The molecule has 10 nitrogen and oxygen atoms in total. The first-order chi connectivity index (χ1) is 14.3. The van der Waals surface area contributed by atoms with Gasteiger partial charge in [-0.3, -0.25) is 4.79 Å². The number of hydrogen-bond acceptors (Lipinski definition) is 8.